The molecule has 1 saturated carbocycles. The van der Waals surface area contributed by atoms with E-state index >= 15 is 0 Å². The highest BCUT2D eigenvalue weighted by Crippen LogP contribution is 2.33. The minimum atomic E-state index is 0.0420. The Bertz CT molecular complexity index is 598. The first kappa shape index (κ1) is 10.6. The lowest BCUT2D eigenvalue weighted by atomic mass is 10.3. The van der Waals surface area contributed by atoms with Crippen molar-refractivity contribution in [3.63, 3.8) is 0 Å². The Labute approximate surface area is 103 Å². The molecule has 0 atom stereocenters. The van der Waals surface area contributed by atoms with Gasteiger partial charge in [-0.3, -0.25) is 14.1 Å². The third-order valence-electron chi connectivity index (χ3n) is 3.01. The van der Waals surface area contributed by atoms with Crippen LogP contribution in [0.4, 0.5) is 0 Å². The third-order valence-corrected chi connectivity index (χ3v) is 3.35. The summed E-state index contributed by atoms with van der Waals surface area (Å²) in [7, 11) is 0. The van der Waals surface area contributed by atoms with Gasteiger partial charge in [-0.05, 0) is 24.5 Å². The molecule has 0 spiro atoms. The minimum Gasteiger partial charge on any atom is -0.296 e. The standard InChI is InChI=1S/C12H12ClN3O/c13-11-7-14-4-3-9(11)8-15-5-6-16(12(15)17)10-1-2-10/h3-7,10H,1-2,8H2. The fraction of sp³-hybridized carbons (Fsp3) is 0.333. The molecule has 4 nitrogen and oxygen atoms in total. The van der Waals surface area contributed by atoms with E-state index in [0.717, 1.165) is 18.4 Å². The van der Waals surface area contributed by atoms with Crippen molar-refractivity contribution in [1.29, 1.82) is 0 Å². The normalized spacial score (nSPS) is 15.1. The van der Waals surface area contributed by atoms with Crippen molar-refractivity contribution in [3.05, 3.63) is 51.9 Å². The van der Waals surface area contributed by atoms with Gasteiger partial charge in [0.2, 0.25) is 0 Å². The van der Waals surface area contributed by atoms with E-state index in [2.05, 4.69) is 4.98 Å². The van der Waals surface area contributed by atoms with Crippen molar-refractivity contribution in [2.75, 3.05) is 0 Å². The van der Waals surface area contributed by atoms with Crippen LogP contribution in [0.25, 0.3) is 0 Å². The fourth-order valence-electron chi connectivity index (χ4n) is 1.89. The highest BCUT2D eigenvalue weighted by Gasteiger charge is 2.25. The number of halogens is 1. The maximum atomic E-state index is 12.0. The molecule has 5 heteroatoms. The topological polar surface area (TPSA) is 39.8 Å². The average molecular weight is 250 g/mol. The van der Waals surface area contributed by atoms with Gasteiger partial charge in [0.15, 0.2) is 0 Å². The number of imidazole rings is 1. The lowest BCUT2D eigenvalue weighted by Crippen LogP contribution is -2.23. The van der Waals surface area contributed by atoms with Gasteiger partial charge in [-0.15, -0.1) is 0 Å². The first-order valence-corrected chi connectivity index (χ1v) is 5.99. The van der Waals surface area contributed by atoms with Crippen LogP contribution in [0, 0.1) is 0 Å². The van der Waals surface area contributed by atoms with Crippen LogP contribution in [0.1, 0.15) is 24.4 Å². The van der Waals surface area contributed by atoms with Crippen LogP contribution in [-0.4, -0.2) is 14.1 Å². The second-order valence-corrected chi connectivity index (χ2v) is 4.72. The minimum absolute atomic E-state index is 0.0420. The quantitative estimate of drug-likeness (QED) is 0.836. The van der Waals surface area contributed by atoms with Crippen LogP contribution < -0.4 is 5.69 Å². The lowest BCUT2D eigenvalue weighted by molar-refractivity contribution is 0.656. The summed E-state index contributed by atoms with van der Waals surface area (Å²) >= 11 is 6.02. The number of pyridine rings is 1. The Morgan fingerprint density at radius 1 is 1.41 bits per heavy atom. The zero-order valence-electron chi connectivity index (χ0n) is 9.21. The molecular formula is C12H12ClN3O. The fourth-order valence-corrected chi connectivity index (χ4v) is 2.07. The van der Waals surface area contributed by atoms with E-state index in [0.29, 0.717) is 17.6 Å². The SMILES string of the molecule is O=c1n(Cc2ccncc2Cl)ccn1C1CC1. The lowest BCUT2D eigenvalue weighted by Gasteiger charge is -2.03. The molecule has 2 aromatic rings. The molecule has 0 aliphatic heterocycles. The molecule has 0 saturated heterocycles. The van der Waals surface area contributed by atoms with Gasteiger partial charge in [0.25, 0.3) is 0 Å². The Hall–Kier alpha value is -1.55. The van der Waals surface area contributed by atoms with Gasteiger partial charge in [-0.2, -0.15) is 0 Å². The van der Waals surface area contributed by atoms with Crippen LogP contribution in [0.5, 0.6) is 0 Å². The summed E-state index contributed by atoms with van der Waals surface area (Å²) in [6.45, 7) is 0.500. The molecule has 0 unspecified atom stereocenters. The average Bonchev–Trinajstić information content (AvgIpc) is 3.09. The van der Waals surface area contributed by atoms with Crippen LogP contribution in [-0.2, 0) is 6.54 Å². The van der Waals surface area contributed by atoms with Crippen molar-refractivity contribution in [2.45, 2.75) is 25.4 Å². The van der Waals surface area contributed by atoms with Gasteiger partial charge in [-0.25, -0.2) is 4.79 Å². The molecule has 3 rings (SSSR count). The molecular weight excluding hydrogens is 238 g/mol. The second kappa shape index (κ2) is 4.04. The Morgan fingerprint density at radius 2 is 2.24 bits per heavy atom. The summed E-state index contributed by atoms with van der Waals surface area (Å²) in [5.74, 6) is 0. The predicted octanol–water partition coefficient (Wildman–Crippen LogP) is 2.08. The summed E-state index contributed by atoms with van der Waals surface area (Å²) in [5.41, 5.74) is 0.956. The van der Waals surface area contributed by atoms with E-state index in [4.69, 9.17) is 11.6 Å². The monoisotopic (exact) mass is 249 g/mol. The van der Waals surface area contributed by atoms with Crippen molar-refractivity contribution in [1.82, 2.24) is 14.1 Å². The summed E-state index contributed by atoms with van der Waals surface area (Å²) < 4.78 is 3.48. The molecule has 88 valence electrons. The molecule has 0 bridgehead atoms. The van der Waals surface area contributed by atoms with Gasteiger partial charge < -0.3 is 0 Å². The molecule has 17 heavy (non-hydrogen) atoms. The maximum absolute atomic E-state index is 12.0. The van der Waals surface area contributed by atoms with E-state index < -0.39 is 0 Å². The van der Waals surface area contributed by atoms with Crippen molar-refractivity contribution in [2.24, 2.45) is 0 Å². The molecule has 1 aliphatic rings. The Kier molecular flexibility index (Phi) is 2.52. The molecule has 0 amide bonds. The molecule has 0 radical (unpaired) electrons. The summed E-state index contributed by atoms with van der Waals surface area (Å²) in [4.78, 5) is 16.0. The highest BCUT2D eigenvalue weighted by molar-refractivity contribution is 6.31. The van der Waals surface area contributed by atoms with Gasteiger partial charge in [0.05, 0.1) is 11.6 Å². The van der Waals surface area contributed by atoms with E-state index in [1.54, 1.807) is 21.5 Å². The predicted molar refractivity (Wildman–Crippen MR) is 65.3 cm³/mol. The van der Waals surface area contributed by atoms with Gasteiger partial charge >= 0.3 is 5.69 Å². The summed E-state index contributed by atoms with van der Waals surface area (Å²) in [5, 5.41) is 0.596. The maximum Gasteiger partial charge on any atom is 0.328 e. The van der Waals surface area contributed by atoms with Gasteiger partial charge in [0.1, 0.15) is 0 Å². The molecule has 2 heterocycles. The van der Waals surface area contributed by atoms with E-state index in [1.165, 1.54) is 0 Å². The van der Waals surface area contributed by atoms with Crippen LogP contribution in [0.15, 0.2) is 35.6 Å². The third kappa shape index (κ3) is 2.00. The number of hydrogen-bond donors (Lipinski definition) is 0. The number of nitrogens with zero attached hydrogens (tertiary/aromatic N) is 3. The van der Waals surface area contributed by atoms with Crippen molar-refractivity contribution < 1.29 is 0 Å². The van der Waals surface area contributed by atoms with Gasteiger partial charge in [-0.1, -0.05) is 11.6 Å². The Morgan fingerprint density at radius 3 is 2.94 bits per heavy atom. The van der Waals surface area contributed by atoms with Gasteiger partial charge in [0, 0.05) is 30.8 Å². The van der Waals surface area contributed by atoms with Crippen molar-refractivity contribution in [3.8, 4) is 0 Å². The summed E-state index contributed by atoms with van der Waals surface area (Å²) in [6, 6.07) is 2.25. The molecule has 1 aliphatic carbocycles. The first-order chi connectivity index (χ1) is 8.25. The van der Waals surface area contributed by atoms with Crippen LogP contribution >= 0.6 is 11.6 Å². The van der Waals surface area contributed by atoms with Crippen LogP contribution in [0.3, 0.4) is 0 Å². The number of rotatable bonds is 3. The molecule has 0 N–H and O–H groups in total. The molecule has 1 fully saturated rings. The van der Waals surface area contributed by atoms with Crippen molar-refractivity contribution >= 4 is 11.6 Å². The zero-order chi connectivity index (χ0) is 11.8. The Balaban J connectivity index is 1.91. The highest BCUT2D eigenvalue weighted by atomic mass is 35.5. The zero-order valence-corrected chi connectivity index (χ0v) is 9.97. The number of hydrogen-bond acceptors (Lipinski definition) is 2. The molecule has 0 aromatic carbocycles. The van der Waals surface area contributed by atoms with E-state index in [1.807, 2.05) is 18.5 Å². The van der Waals surface area contributed by atoms with E-state index in [-0.39, 0.29) is 5.69 Å². The largest absolute Gasteiger partial charge is 0.328 e. The first-order valence-electron chi connectivity index (χ1n) is 5.61. The number of aromatic nitrogens is 3. The summed E-state index contributed by atoms with van der Waals surface area (Å²) in [6.07, 6.45) is 9.18. The van der Waals surface area contributed by atoms with Crippen LogP contribution in [0.2, 0.25) is 5.02 Å². The smallest absolute Gasteiger partial charge is 0.296 e. The molecule has 2 aromatic heterocycles. The van der Waals surface area contributed by atoms with E-state index in [9.17, 15) is 4.79 Å². The second-order valence-electron chi connectivity index (χ2n) is 4.31.